The molecule has 2 heterocycles. The number of aryl methyl sites for hydroxylation is 1. The summed E-state index contributed by atoms with van der Waals surface area (Å²) >= 11 is 0. The summed E-state index contributed by atoms with van der Waals surface area (Å²) in [7, 11) is 3.63. The average Bonchev–Trinajstić information content (AvgIpc) is 2.50. The van der Waals surface area contributed by atoms with E-state index in [1.54, 1.807) is 7.11 Å². The normalized spacial score (nSPS) is 21.5. The minimum absolute atomic E-state index is 0.211. The Morgan fingerprint density at radius 2 is 2.54 bits per heavy atom. The van der Waals surface area contributed by atoms with Gasteiger partial charge in [0.05, 0.1) is 18.3 Å². The fraction of sp³-hybridized carbons (Fsp3) is 0.750. The minimum Gasteiger partial charge on any atom is -0.383 e. The third kappa shape index (κ3) is 1.45. The van der Waals surface area contributed by atoms with Crippen LogP contribution in [0.4, 0.5) is 0 Å². The van der Waals surface area contributed by atoms with Crippen LogP contribution < -0.4 is 5.32 Å². The molecule has 0 radical (unpaired) electrons. The van der Waals surface area contributed by atoms with Crippen molar-refractivity contribution in [3.63, 3.8) is 0 Å². The second-order valence-electron chi connectivity index (χ2n) is 3.26. The van der Waals surface area contributed by atoms with Crippen LogP contribution in [0.25, 0.3) is 0 Å². The van der Waals surface area contributed by atoms with Gasteiger partial charge in [-0.15, -0.1) is 5.10 Å². The highest BCUT2D eigenvalue weighted by Crippen LogP contribution is 2.19. The highest BCUT2D eigenvalue weighted by Gasteiger charge is 2.24. The number of aromatic nitrogens is 3. The van der Waals surface area contributed by atoms with E-state index in [0.717, 1.165) is 18.7 Å². The zero-order chi connectivity index (χ0) is 9.26. The van der Waals surface area contributed by atoms with Gasteiger partial charge in [-0.3, -0.25) is 4.68 Å². The smallest absolute Gasteiger partial charge is 0.105 e. The lowest BCUT2D eigenvalue weighted by Crippen LogP contribution is -2.33. The molecule has 72 valence electrons. The summed E-state index contributed by atoms with van der Waals surface area (Å²) in [6, 6.07) is 0.211. The van der Waals surface area contributed by atoms with E-state index in [9.17, 15) is 0 Å². The van der Waals surface area contributed by atoms with Gasteiger partial charge in [0.15, 0.2) is 0 Å². The molecular weight excluding hydrogens is 168 g/mol. The number of nitrogens with zero attached hydrogens (tertiary/aromatic N) is 3. The monoisotopic (exact) mass is 182 g/mol. The predicted molar refractivity (Wildman–Crippen MR) is 47.3 cm³/mol. The van der Waals surface area contributed by atoms with Gasteiger partial charge in [0.2, 0.25) is 0 Å². The zero-order valence-electron chi connectivity index (χ0n) is 7.95. The van der Waals surface area contributed by atoms with E-state index in [2.05, 4.69) is 15.6 Å². The molecule has 0 amide bonds. The summed E-state index contributed by atoms with van der Waals surface area (Å²) in [6.07, 6.45) is 0.999. The Morgan fingerprint density at radius 3 is 3.31 bits per heavy atom. The number of nitrogens with one attached hydrogen (secondary N) is 1. The van der Waals surface area contributed by atoms with Gasteiger partial charge in [0.1, 0.15) is 5.69 Å². The molecule has 5 nitrogen and oxygen atoms in total. The molecule has 0 unspecified atom stereocenters. The first-order valence-electron chi connectivity index (χ1n) is 4.43. The van der Waals surface area contributed by atoms with Crippen molar-refractivity contribution in [2.24, 2.45) is 7.05 Å². The van der Waals surface area contributed by atoms with Gasteiger partial charge in [0.25, 0.3) is 0 Å². The molecule has 1 aromatic heterocycles. The maximum Gasteiger partial charge on any atom is 0.105 e. The molecular formula is C8H14N4O. The summed E-state index contributed by atoms with van der Waals surface area (Å²) in [5, 5.41) is 11.5. The first-order valence-corrected chi connectivity index (χ1v) is 4.43. The lowest BCUT2D eigenvalue weighted by atomic mass is 10.1. The molecule has 5 heteroatoms. The van der Waals surface area contributed by atoms with E-state index in [1.807, 2.05) is 11.7 Å². The van der Waals surface area contributed by atoms with Crippen LogP contribution in [0.15, 0.2) is 0 Å². The van der Waals surface area contributed by atoms with Crippen LogP contribution in [0.2, 0.25) is 0 Å². The van der Waals surface area contributed by atoms with Crippen molar-refractivity contribution >= 4 is 0 Å². The largest absolute Gasteiger partial charge is 0.383 e. The third-order valence-corrected chi connectivity index (χ3v) is 2.39. The SMILES string of the molecule is COC[C@H]1NCCc2c1nnn2C. The number of fused-ring (bicyclic) bond motifs is 1. The van der Waals surface area contributed by atoms with Crippen molar-refractivity contribution in [2.45, 2.75) is 12.5 Å². The molecule has 1 atom stereocenters. The number of methoxy groups -OCH3 is 1. The first-order chi connectivity index (χ1) is 6.33. The van der Waals surface area contributed by atoms with E-state index in [0.29, 0.717) is 6.61 Å². The van der Waals surface area contributed by atoms with Gasteiger partial charge in [0, 0.05) is 27.1 Å². The Balaban J connectivity index is 2.27. The highest BCUT2D eigenvalue weighted by atomic mass is 16.5. The number of ether oxygens (including phenoxy) is 1. The van der Waals surface area contributed by atoms with Gasteiger partial charge in [-0.05, 0) is 0 Å². The second-order valence-corrected chi connectivity index (χ2v) is 3.26. The molecule has 0 saturated carbocycles. The molecule has 0 saturated heterocycles. The highest BCUT2D eigenvalue weighted by molar-refractivity contribution is 5.18. The van der Waals surface area contributed by atoms with Crippen LogP contribution in [0.1, 0.15) is 17.4 Å². The predicted octanol–water partition coefficient (Wildman–Crippen LogP) is -0.352. The fourth-order valence-electron chi connectivity index (χ4n) is 1.72. The lowest BCUT2D eigenvalue weighted by molar-refractivity contribution is 0.162. The summed E-state index contributed by atoms with van der Waals surface area (Å²) in [5.74, 6) is 0. The van der Waals surface area contributed by atoms with Gasteiger partial charge < -0.3 is 10.1 Å². The van der Waals surface area contributed by atoms with Gasteiger partial charge in [-0.2, -0.15) is 0 Å². The summed E-state index contributed by atoms with van der Waals surface area (Å²) < 4.78 is 6.95. The minimum atomic E-state index is 0.211. The van der Waals surface area contributed by atoms with Gasteiger partial charge >= 0.3 is 0 Å². The lowest BCUT2D eigenvalue weighted by Gasteiger charge is -2.21. The van der Waals surface area contributed by atoms with Crippen molar-refractivity contribution in [3.05, 3.63) is 11.4 Å². The Kier molecular flexibility index (Phi) is 2.28. The van der Waals surface area contributed by atoms with Crippen LogP contribution in [0.5, 0.6) is 0 Å². The molecule has 1 aliphatic heterocycles. The molecule has 2 rings (SSSR count). The van der Waals surface area contributed by atoms with Crippen molar-refractivity contribution in [1.82, 2.24) is 20.3 Å². The quantitative estimate of drug-likeness (QED) is 0.679. The summed E-state index contributed by atoms with van der Waals surface area (Å²) in [4.78, 5) is 0. The van der Waals surface area contributed by atoms with Gasteiger partial charge in [-0.1, -0.05) is 5.21 Å². The van der Waals surface area contributed by atoms with Crippen molar-refractivity contribution in [3.8, 4) is 0 Å². The van der Waals surface area contributed by atoms with Crippen LogP contribution in [-0.2, 0) is 18.2 Å². The van der Waals surface area contributed by atoms with E-state index in [1.165, 1.54) is 5.69 Å². The Morgan fingerprint density at radius 1 is 1.69 bits per heavy atom. The van der Waals surface area contributed by atoms with Crippen LogP contribution in [0.3, 0.4) is 0 Å². The molecule has 0 bridgehead atoms. The Bertz CT molecular complexity index is 296. The second kappa shape index (κ2) is 3.43. The van der Waals surface area contributed by atoms with Crippen molar-refractivity contribution in [2.75, 3.05) is 20.3 Å². The van der Waals surface area contributed by atoms with Crippen LogP contribution in [0, 0.1) is 0 Å². The molecule has 13 heavy (non-hydrogen) atoms. The van der Waals surface area contributed by atoms with Crippen LogP contribution in [-0.4, -0.2) is 35.3 Å². The molecule has 0 aliphatic carbocycles. The molecule has 0 aromatic carbocycles. The van der Waals surface area contributed by atoms with Crippen LogP contribution >= 0.6 is 0 Å². The summed E-state index contributed by atoms with van der Waals surface area (Å²) in [6.45, 7) is 1.63. The maximum absolute atomic E-state index is 5.11. The Labute approximate surface area is 77.1 Å². The number of hydrogen-bond acceptors (Lipinski definition) is 4. The number of hydrogen-bond donors (Lipinski definition) is 1. The van der Waals surface area contributed by atoms with Gasteiger partial charge in [-0.25, -0.2) is 0 Å². The number of rotatable bonds is 2. The van der Waals surface area contributed by atoms with E-state index in [4.69, 9.17) is 4.74 Å². The summed E-state index contributed by atoms with van der Waals surface area (Å²) in [5.41, 5.74) is 2.26. The fourth-order valence-corrected chi connectivity index (χ4v) is 1.72. The van der Waals surface area contributed by atoms with E-state index >= 15 is 0 Å². The van der Waals surface area contributed by atoms with E-state index < -0.39 is 0 Å². The maximum atomic E-state index is 5.11. The molecule has 0 fully saturated rings. The Hall–Kier alpha value is -0.940. The molecule has 1 aromatic rings. The standard InChI is InChI=1S/C8H14N4O/c1-12-7-3-4-9-6(5-13-2)8(7)10-11-12/h6,9H,3-5H2,1-2H3/t6-/m1/s1. The molecule has 1 N–H and O–H groups in total. The van der Waals surface area contributed by atoms with Crippen molar-refractivity contribution in [1.29, 1.82) is 0 Å². The third-order valence-electron chi connectivity index (χ3n) is 2.39. The van der Waals surface area contributed by atoms with E-state index in [-0.39, 0.29) is 6.04 Å². The first kappa shape index (κ1) is 8.65. The van der Waals surface area contributed by atoms with Crippen molar-refractivity contribution < 1.29 is 4.74 Å². The topological polar surface area (TPSA) is 52.0 Å². The zero-order valence-corrected chi connectivity index (χ0v) is 7.95. The molecule has 1 aliphatic rings. The molecule has 0 spiro atoms. The average molecular weight is 182 g/mol.